The van der Waals surface area contributed by atoms with Crippen LogP contribution in [0.5, 0.6) is 0 Å². The first kappa shape index (κ1) is 15.3. The van der Waals surface area contributed by atoms with E-state index in [9.17, 15) is 13.2 Å². The Balaban J connectivity index is 1.95. The zero-order valence-corrected chi connectivity index (χ0v) is 12.9. The molecule has 0 saturated carbocycles. The molecule has 1 aromatic heterocycles. The van der Waals surface area contributed by atoms with Gasteiger partial charge < -0.3 is 5.32 Å². The highest BCUT2D eigenvalue weighted by atomic mass is 32.2. The molecule has 1 amide bonds. The van der Waals surface area contributed by atoms with E-state index >= 15 is 0 Å². The van der Waals surface area contributed by atoms with Crippen molar-refractivity contribution in [1.29, 1.82) is 0 Å². The molecule has 0 radical (unpaired) electrons. The van der Waals surface area contributed by atoms with Gasteiger partial charge in [-0.1, -0.05) is 6.07 Å². The fourth-order valence-electron chi connectivity index (χ4n) is 1.56. The van der Waals surface area contributed by atoms with Crippen molar-refractivity contribution < 1.29 is 13.2 Å². The van der Waals surface area contributed by atoms with Crippen LogP contribution < -0.4 is 10.0 Å². The molecule has 2 rings (SSSR count). The van der Waals surface area contributed by atoms with Gasteiger partial charge in [-0.25, -0.2) is 8.42 Å². The third-order valence-corrected chi connectivity index (χ3v) is 3.84. The molecule has 0 bridgehead atoms. The van der Waals surface area contributed by atoms with Crippen LogP contribution in [0.4, 0.5) is 11.4 Å². The number of anilines is 2. The lowest BCUT2D eigenvalue weighted by molar-refractivity contribution is -0.111. The molecule has 1 aromatic carbocycles. The maximum Gasteiger partial charge on any atom is 0.248 e. The van der Waals surface area contributed by atoms with Crippen LogP contribution in [0.2, 0.25) is 0 Å². The fraction of sp³-hybridized carbons (Fsp3) is 0.0714. The maximum absolute atomic E-state index is 11.7. The third-order valence-electron chi connectivity index (χ3n) is 2.40. The van der Waals surface area contributed by atoms with Gasteiger partial charge in [-0.15, -0.1) is 11.3 Å². The van der Waals surface area contributed by atoms with E-state index in [0.29, 0.717) is 11.4 Å². The van der Waals surface area contributed by atoms with Gasteiger partial charge in [0.2, 0.25) is 15.9 Å². The van der Waals surface area contributed by atoms with Gasteiger partial charge in [-0.05, 0) is 41.8 Å². The minimum atomic E-state index is -3.29. The Morgan fingerprint density at radius 2 is 1.81 bits per heavy atom. The molecular weight excluding hydrogens is 308 g/mol. The van der Waals surface area contributed by atoms with Crippen LogP contribution in [-0.2, 0) is 14.8 Å². The third kappa shape index (κ3) is 5.41. The van der Waals surface area contributed by atoms with Gasteiger partial charge >= 0.3 is 0 Å². The number of hydrogen-bond acceptors (Lipinski definition) is 4. The molecule has 2 N–H and O–H groups in total. The minimum Gasteiger partial charge on any atom is -0.323 e. The van der Waals surface area contributed by atoms with Crippen molar-refractivity contribution >= 4 is 44.7 Å². The summed E-state index contributed by atoms with van der Waals surface area (Å²) in [6, 6.07) is 10.3. The van der Waals surface area contributed by atoms with Crippen LogP contribution >= 0.6 is 11.3 Å². The SMILES string of the molecule is CS(=O)(=O)Nc1ccc(NC(=O)/C=C/c2cccs2)cc1. The van der Waals surface area contributed by atoms with E-state index in [1.54, 1.807) is 41.7 Å². The first-order chi connectivity index (χ1) is 9.92. The molecular formula is C14H14N2O3S2. The van der Waals surface area contributed by atoms with E-state index in [1.165, 1.54) is 6.08 Å². The average molecular weight is 322 g/mol. The summed E-state index contributed by atoms with van der Waals surface area (Å²) in [6.45, 7) is 0. The Morgan fingerprint density at radius 3 is 2.38 bits per heavy atom. The Hall–Kier alpha value is -2.12. The van der Waals surface area contributed by atoms with E-state index in [4.69, 9.17) is 0 Å². The van der Waals surface area contributed by atoms with Gasteiger partial charge in [0, 0.05) is 22.3 Å². The molecule has 1 heterocycles. The van der Waals surface area contributed by atoms with E-state index in [-0.39, 0.29) is 5.91 Å². The maximum atomic E-state index is 11.7. The number of carbonyl (C=O) groups is 1. The molecule has 0 aliphatic carbocycles. The Kier molecular flexibility index (Phi) is 4.77. The largest absolute Gasteiger partial charge is 0.323 e. The van der Waals surface area contributed by atoms with Crippen LogP contribution in [0.3, 0.4) is 0 Å². The summed E-state index contributed by atoms with van der Waals surface area (Å²) in [5, 5.41) is 4.63. The normalized spacial score (nSPS) is 11.5. The van der Waals surface area contributed by atoms with E-state index in [0.717, 1.165) is 11.1 Å². The summed E-state index contributed by atoms with van der Waals surface area (Å²) >= 11 is 1.55. The predicted molar refractivity (Wildman–Crippen MR) is 86.9 cm³/mol. The highest BCUT2D eigenvalue weighted by Gasteiger charge is 2.02. The summed E-state index contributed by atoms with van der Waals surface area (Å²) < 4.78 is 24.5. The number of rotatable bonds is 5. The molecule has 7 heteroatoms. The summed E-state index contributed by atoms with van der Waals surface area (Å²) in [5.41, 5.74) is 1.04. The summed E-state index contributed by atoms with van der Waals surface area (Å²) in [6.07, 6.45) is 4.27. The number of hydrogen-bond donors (Lipinski definition) is 2. The average Bonchev–Trinajstić information content (AvgIpc) is 2.90. The van der Waals surface area contributed by atoms with Crippen molar-refractivity contribution in [3.05, 3.63) is 52.7 Å². The van der Waals surface area contributed by atoms with Crippen molar-refractivity contribution in [3.8, 4) is 0 Å². The van der Waals surface area contributed by atoms with Gasteiger partial charge in [-0.2, -0.15) is 0 Å². The highest BCUT2D eigenvalue weighted by molar-refractivity contribution is 7.92. The Labute approximate surface area is 127 Å². The molecule has 0 aliphatic rings. The number of carbonyl (C=O) groups excluding carboxylic acids is 1. The standard InChI is InChI=1S/C14H14N2O3S2/c1-21(18,19)16-12-6-4-11(5-7-12)15-14(17)9-8-13-3-2-10-20-13/h2-10,16H,1H3,(H,15,17)/b9-8+. The smallest absolute Gasteiger partial charge is 0.248 e. The molecule has 5 nitrogen and oxygen atoms in total. The second-order valence-electron chi connectivity index (χ2n) is 4.29. The lowest BCUT2D eigenvalue weighted by Gasteiger charge is -2.05. The number of benzene rings is 1. The van der Waals surface area contributed by atoms with Crippen LogP contribution in [0.15, 0.2) is 47.9 Å². The van der Waals surface area contributed by atoms with Gasteiger partial charge in [0.25, 0.3) is 0 Å². The van der Waals surface area contributed by atoms with Crippen molar-refractivity contribution in [2.45, 2.75) is 0 Å². The quantitative estimate of drug-likeness (QED) is 0.831. The molecule has 0 spiro atoms. The first-order valence-electron chi connectivity index (χ1n) is 6.03. The van der Waals surface area contributed by atoms with Gasteiger partial charge in [0.15, 0.2) is 0 Å². The van der Waals surface area contributed by atoms with Crippen molar-refractivity contribution in [2.24, 2.45) is 0 Å². The molecule has 21 heavy (non-hydrogen) atoms. The van der Waals surface area contributed by atoms with Crippen LogP contribution in [-0.4, -0.2) is 20.6 Å². The van der Waals surface area contributed by atoms with E-state index in [1.807, 2.05) is 17.5 Å². The Morgan fingerprint density at radius 1 is 1.14 bits per heavy atom. The van der Waals surface area contributed by atoms with Crippen LogP contribution in [0.25, 0.3) is 6.08 Å². The number of amides is 1. The molecule has 0 fully saturated rings. The Bertz CT molecular complexity index is 733. The highest BCUT2D eigenvalue weighted by Crippen LogP contribution is 2.15. The topological polar surface area (TPSA) is 75.3 Å². The zero-order valence-electron chi connectivity index (χ0n) is 11.2. The number of nitrogens with one attached hydrogen (secondary N) is 2. The van der Waals surface area contributed by atoms with E-state index in [2.05, 4.69) is 10.0 Å². The fourth-order valence-corrected chi connectivity index (χ4v) is 2.75. The second kappa shape index (κ2) is 6.55. The molecule has 110 valence electrons. The first-order valence-corrected chi connectivity index (χ1v) is 8.80. The number of thiophene rings is 1. The van der Waals surface area contributed by atoms with Crippen molar-refractivity contribution in [2.75, 3.05) is 16.3 Å². The number of sulfonamides is 1. The molecule has 2 aromatic rings. The lowest BCUT2D eigenvalue weighted by Crippen LogP contribution is -2.10. The van der Waals surface area contributed by atoms with Gasteiger partial charge in [0.05, 0.1) is 6.26 Å². The predicted octanol–water partition coefficient (Wildman–Crippen LogP) is 2.77. The monoisotopic (exact) mass is 322 g/mol. The van der Waals surface area contributed by atoms with E-state index < -0.39 is 10.0 Å². The summed E-state index contributed by atoms with van der Waals surface area (Å²) in [4.78, 5) is 12.7. The van der Waals surface area contributed by atoms with Crippen molar-refractivity contribution in [3.63, 3.8) is 0 Å². The van der Waals surface area contributed by atoms with Crippen LogP contribution in [0.1, 0.15) is 4.88 Å². The van der Waals surface area contributed by atoms with Gasteiger partial charge in [-0.3, -0.25) is 9.52 Å². The minimum absolute atomic E-state index is 0.243. The lowest BCUT2D eigenvalue weighted by atomic mass is 10.3. The van der Waals surface area contributed by atoms with Crippen LogP contribution in [0, 0.1) is 0 Å². The summed E-state index contributed by atoms with van der Waals surface area (Å²) in [7, 11) is -3.29. The van der Waals surface area contributed by atoms with Crippen molar-refractivity contribution in [1.82, 2.24) is 0 Å². The zero-order chi connectivity index (χ0) is 15.3. The molecule has 0 unspecified atom stereocenters. The molecule has 0 atom stereocenters. The van der Waals surface area contributed by atoms with Gasteiger partial charge in [0.1, 0.15) is 0 Å². The molecule has 0 aliphatic heterocycles. The summed E-state index contributed by atoms with van der Waals surface area (Å²) in [5.74, 6) is -0.243. The molecule has 0 saturated heterocycles. The second-order valence-corrected chi connectivity index (χ2v) is 7.02.